The third-order valence-corrected chi connectivity index (χ3v) is 2.76. The van der Waals surface area contributed by atoms with E-state index in [2.05, 4.69) is 19.6 Å². The molecule has 0 amide bonds. The van der Waals surface area contributed by atoms with Crippen molar-refractivity contribution < 1.29 is 58.8 Å². The molecule has 0 aliphatic heterocycles. The number of Topliss-reactive ketones (excluding diaryl/α,β-unsaturated/α-hetero) is 1. The molecule has 0 fully saturated rings. The normalized spacial score (nSPS) is 15.0. The molecule has 0 rings (SSSR count). The number of aliphatic hydroxyl groups excluding tert-OH is 3. The van der Waals surface area contributed by atoms with Crippen molar-refractivity contribution in [3.8, 4) is 0 Å². The Kier molecular flexibility index (Phi) is 10.0. The lowest BCUT2D eigenvalue weighted by atomic mass is 9.97. The van der Waals surface area contributed by atoms with E-state index in [1.165, 1.54) is 0 Å². The molecule has 0 aromatic heterocycles. The van der Waals surface area contributed by atoms with Gasteiger partial charge in [-0.3, -0.25) is 4.79 Å². The Morgan fingerprint density at radius 1 is 0.654 bits per heavy atom. The third kappa shape index (κ3) is 9.05. The van der Waals surface area contributed by atoms with Crippen LogP contribution in [-0.2, 0) is 43.5 Å². The fraction of sp³-hybridized carbons (Fsp3) is 0.643. The zero-order chi connectivity index (χ0) is 20.4. The minimum Gasteiger partial charge on any atom is -0.386 e. The van der Waals surface area contributed by atoms with Gasteiger partial charge >= 0.3 is 23.9 Å². The molecule has 0 radical (unpaired) electrons. The molecular weight excluding hydrogens is 360 g/mol. The first-order valence-corrected chi connectivity index (χ1v) is 7.36. The number of rotatable bonds is 8. The SMILES string of the molecule is CC(O)C(=O)CC(CC(=O)OOC(=O)C(C)O)C(=O)OOC(=O)C(C)O. The fourth-order valence-electron chi connectivity index (χ4n) is 1.26. The van der Waals surface area contributed by atoms with Crippen LogP contribution in [0.4, 0.5) is 0 Å². The highest BCUT2D eigenvalue weighted by molar-refractivity contribution is 5.89. The quantitative estimate of drug-likeness (QED) is 0.314. The van der Waals surface area contributed by atoms with Gasteiger partial charge in [0.25, 0.3) is 0 Å². The Morgan fingerprint density at radius 2 is 1.08 bits per heavy atom. The van der Waals surface area contributed by atoms with Crippen LogP contribution in [0.5, 0.6) is 0 Å². The van der Waals surface area contributed by atoms with E-state index in [0.717, 1.165) is 20.8 Å². The van der Waals surface area contributed by atoms with Crippen molar-refractivity contribution in [2.24, 2.45) is 5.92 Å². The standard InChI is InChI=1S/C14H20O12/c1-6(15)10(18)4-9(14(22)26-25-13(21)8(3)17)5-11(19)23-24-12(20)7(2)16/h6-9,15-17H,4-5H2,1-3H3. The average molecular weight is 380 g/mol. The van der Waals surface area contributed by atoms with Crippen LogP contribution >= 0.6 is 0 Å². The van der Waals surface area contributed by atoms with Crippen molar-refractivity contribution in [2.75, 3.05) is 0 Å². The van der Waals surface area contributed by atoms with Crippen LogP contribution in [0.1, 0.15) is 33.6 Å². The summed E-state index contributed by atoms with van der Waals surface area (Å²) < 4.78 is 0. The smallest absolute Gasteiger partial charge is 0.383 e. The van der Waals surface area contributed by atoms with Gasteiger partial charge in [0.1, 0.15) is 6.10 Å². The number of hydrogen-bond acceptors (Lipinski definition) is 12. The molecule has 4 atom stereocenters. The van der Waals surface area contributed by atoms with Crippen LogP contribution in [0, 0.1) is 5.92 Å². The zero-order valence-electron chi connectivity index (χ0n) is 14.2. The summed E-state index contributed by atoms with van der Waals surface area (Å²) in [6.45, 7) is 3.22. The number of carbonyl (C=O) groups excluding carboxylic acids is 5. The van der Waals surface area contributed by atoms with E-state index >= 15 is 0 Å². The van der Waals surface area contributed by atoms with Crippen LogP contribution in [0.25, 0.3) is 0 Å². The van der Waals surface area contributed by atoms with Gasteiger partial charge in [-0.2, -0.15) is 0 Å². The molecular formula is C14H20O12. The molecule has 0 spiro atoms. The van der Waals surface area contributed by atoms with Gasteiger partial charge < -0.3 is 15.3 Å². The largest absolute Gasteiger partial charge is 0.386 e. The van der Waals surface area contributed by atoms with E-state index in [1.54, 1.807) is 0 Å². The van der Waals surface area contributed by atoms with Crippen molar-refractivity contribution in [1.82, 2.24) is 0 Å². The van der Waals surface area contributed by atoms with Gasteiger partial charge in [0, 0.05) is 6.42 Å². The van der Waals surface area contributed by atoms with Crippen LogP contribution in [0.3, 0.4) is 0 Å². The lowest BCUT2D eigenvalue weighted by Crippen LogP contribution is -2.30. The lowest BCUT2D eigenvalue weighted by molar-refractivity contribution is -0.271. The predicted molar refractivity (Wildman–Crippen MR) is 77.1 cm³/mol. The predicted octanol–water partition coefficient (Wildman–Crippen LogP) is -1.90. The Labute approximate surface area is 147 Å². The van der Waals surface area contributed by atoms with Gasteiger partial charge in [-0.15, -0.1) is 0 Å². The minimum absolute atomic E-state index is 0.678. The third-order valence-electron chi connectivity index (χ3n) is 2.76. The Morgan fingerprint density at radius 3 is 1.50 bits per heavy atom. The number of carbonyl (C=O) groups is 5. The van der Waals surface area contributed by atoms with Crippen LogP contribution in [-0.4, -0.2) is 63.3 Å². The van der Waals surface area contributed by atoms with Crippen LogP contribution < -0.4 is 0 Å². The second-order valence-electron chi connectivity index (χ2n) is 5.26. The monoisotopic (exact) mass is 380 g/mol. The molecule has 0 heterocycles. The molecule has 26 heavy (non-hydrogen) atoms. The van der Waals surface area contributed by atoms with Gasteiger partial charge in [0.2, 0.25) is 0 Å². The minimum atomic E-state index is -1.59. The van der Waals surface area contributed by atoms with Crippen molar-refractivity contribution >= 4 is 29.7 Å². The maximum absolute atomic E-state index is 11.8. The topological polar surface area (TPSA) is 183 Å². The first-order chi connectivity index (χ1) is 12.0. The van der Waals surface area contributed by atoms with E-state index in [-0.39, 0.29) is 0 Å². The summed E-state index contributed by atoms with van der Waals surface area (Å²) >= 11 is 0. The molecule has 0 aromatic carbocycles. The van der Waals surface area contributed by atoms with Crippen molar-refractivity contribution in [3.63, 3.8) is 0 Å². The maximum atomic E-state index is 11.8. The molecule has 12 heteroatoms. The fourth-order valence-corrected chi connectivity index (χ4v) is 1.26. The van der Waals surface area contributed by atoms with Crippen molar-refractivity contribution in [1.29, 1.82) is 0 Å². The first-order valence-electron chi connectivity index (χ1n) is 7.36. The van der Waals surface area contributed by atoms with Gasteiger partial charge in [-0.05, 0) is 20.8 Å². The lowest BCUT2D eigenvalue weighted by Gasteiger charge is -2.14. The molecule has 4 unspecified atom stereocenters. The number of hydrogen-bond donors (Lipinski definition) is 3. The van der Waals surface area contributed by atoms with E-state index in [0.29, 0.717) is 0 Å². The maximum Gasteiger partial charge on any atom is 0.383 e. The summed E-state index contributed by atoms with van der Waals surface area (Å²) in [6.07, 6.45) is -6.13. The first kappa shape index (κ1) is 23.4. The Balaban J connectivity index is 4.85. The molecule has 0 aliphatic rings. The van der Waals surface area contributed by atoms with Crippen molar-refractivity contribution in [2.45, 2.75) is 51.9 Å². The van der Waals surface area contributed by atoms with E-state index in [9.17, 15) is 29.1 Å². The number of aliphatic hydroxyl groups is 3. The van der Waals surface area contributed by atoms with Gasteiger partial charge in [0.15, 0.2) is 18.0 Å². The summed E-state index contributed by atoms with van der Waals surface area (Å²) in [4.78, 5) is 73.2. The molecule has 148 valence electrons. The summed E-state index contributed by atoms with van der Waals surface area (Å²) in [5.74, 6) is -7.57. The molecule has 0 aliphatic carbocycles. The van der Waals surface area contributed by atoms with Crippen LogP contribution in [0.2, 0.25) is 0 Å². The molecule has 0 bridgehead atoms. The van der Waals surface area contributed by atoms with Gasteiger partial charge in [-0.25, -0.2) is 38.7 Å². The highest BCUT2D eigenvalue weighted by Gasteiger charge is 2.31. The van der Waals surface area contributed by atoms with E-state index in [4.69, 9.17) is 10.2 Å². The Hall–Kier alpha value is -2.57. The molecule has 0 aromatic rings. The van der Waals surface area contributed by atoms with Crippen molar-refractivity contribution in [3.05, 3.63) is 0 Å². The van der Waals surface area contributed by atoms with Crippen LogP contribution in [0.15, 0.2) is 0 Å². The molecule has 0 saturated carbocycles. The average Bonchev–Trinajstić information content (AvgIpc) is 2.55. The van der Waals surface area contributed by atoms with Gasteiger partial charge in [0.05, 0.1) is 12.3 Å². The van der Waals surface area contributed by atoms with Gasteiger partial charge in [-0.1, -0.05) is 0 Å². The molecule has 3 N–H and O–H groups in total. The summed E-state index contributed by atoms with van der Waals surface area (Å²) in [6, 6.07) is 0. The van der Waals surface area contributed by atoms with E-state index in [1.807, 2.05) is 0 Å². The van der Waals surface area contributed by atoms with E-state index < -0.39 is 66.7 Å². The highest BCUT2D eigenvalue weighted by Crippen LogP contribution is 2.15. The Bertz CT molecular complexity index is 536. The molecule has 0 saturated heterocycles. The zero-order valence-corrected chi connectivity index (χ0v) is 14.2. The second kappa shape index (κ2) is 11.1. The summed E-state index contributed by atoms with van der Waals surface area (Å²) in [5, 5.41) is 27.0. The summed E-state index contributed by atoms with van der Waals surface area (Å²) in [7, 11) is 0. The molecule has 12 nitrogen and oxygen atoms in total. The highest BCUT2D eigenvalue weighted by atomic mass is 17.2. The summed E-state index contributed by atoms with van der Waals surface area (Å²) in [5.41, 5.74) is 0. The second-order valence-corrected chi connectivity index (χ2v) is 5.26. The number of ketones is 1.